The third kappa shape index (κ3) is 3.89. The quantitative estimate of drug-likeness (QED) is 0.437. The Bertz CT molecular complexity index is 678. The standard InChI is InChI=1S/C23H31F3O4/c1-3-22(17-9-14-8-15(11-17)12-18(22)10-14)30-21(28)16-4-6-19(7-5-16)29-20(27)13(2)23(24,25)26/h14-19H,2-12H2,1H3. The smallest absolute Gasteiger partial charge is 0.422 e. The van der Waals surface area contributed by atoms with Crippen molar-refractivity contribution in [1.29, 1.82) is 0 Å². The lowest BCUT2D eigenvalue weighted by Gasteiger charge is -2.60. The molecule has 0 aromatic carbocycles. The van der Waals surface area contributed by atoms with Crippen molar-refractivity contribution in [2.24, 2.45) is 29.6 Å². The number of esters is 2. The highest BCUT2D eigenvalue weighted by atomic mass is 19.4. The third-order valence-corrected chi connectivity index (χ3v) is 8.23. The Morgan fingerprint density at radius 3 is 1.97 bits per heavy atom. The number of carbonyl (C=O) groups excluding carboxylic acids is 2. The van der Waals surface area contributed by atoms with Crippen LogP contribution in [0.1, 0.15) is 71.1 Å². The van der Waals surface area contributed by atoms with Crippen molar-refractivity contribution in [3.63, 3.8) is 0 Å². The van der Waals surface area contributed by atoms with Gasteiger partial charge in [-0.15, -0.1) is 0 Å². The Balaban J connectivity index is 1.31. The molecule has 0 unspecified atom stereocenters. The SMILES string of the molecule is C=C(C(=O)OC1CCC(C(=O)OC2(CC)C3CC4CC(C3)CC2C4)CC1)C(F)(F)F. The number of halogens is 3. The van der Waals surface area contributed by atoms with Crippen LogP contribution in [0.15, 0.2) is 12.2 Å². The first-order valence-electron chi connectivity index (χ1n) is 11.3. The van der Waals surface area contributed by atoms with Gasteiger partial charge in [0, 0.05) is 0 Å². The minimum atomic E-state index is -4.79. The van der Waals surface area contributed by atoms with Crippen LogP contribution in [-0.4, -0.2) is 29.8 Å². The molecule has 5 aliphatic carbocycles. The zero-order valence-electron chi connectivity index (χ0n) is 17.5. The van der Waals surface area contributed by atoms with Crippen LogP contribution in [0.5, 0.6) is 0 Å². The molecule has 0 amide bonds. The van der Waals surface area contributed by atoms with E-state index in [1.807, 2.05) is 0 Å². The Kier molecular flexibility index (Phi) is 5.69. The van der Waals surface area contributed by atoms with E-state index in [2.05, 4.69) is 13.5 Å². The lowest BCUT2D eigenvalue weighted by molar-refractivity contribution is -0.215. The Hall–Kier alpha value is -1.53. The fraction of sp³-hybridized carbons (Fsp3) is 0.826. The van der Waals surface area contributed by atoms with Crippen LogP contribution in [0.25, 0.3) is 0 Å². The molecule has 0 heterocycles. The number of alkyl halides is 3. The molecule has 168 valence electrons. The lowest BCUT2D eigenvalue weighted by Crippen LogP contribution is -2.59. The maximum Gasteiger partial charge on any atom is 0.422 e. The van der Waals surface area contributed by atoms with Crippen LogP contribution in [0.2, 0.25) is 0 Å². The fourth-order valence-electron chi connectivity index (χ4n) is 6.82. The molecule has 0 atom stereocenters. The molecule has 7 heteroatoms. The van der Waals surface area contributed by atoms with E-state index < -0.39 is 23.8 Å². The zero-order valence-corrected chi connectivity index (χ0v) is 17.5. The molecule has 4 bridgehead atoms. The predicted molar refractivity (Wildman–Crippen MR) is 103 cm³/mol. The molecular formula is C23H31F3O4. The van der Waals surface area contributed by atoms with Crippen LogP contribution in [0.3, 0.4) is 0 Å². The Labute approximate surface area is 175 Å². The average Bonchev–Trinajstić information content (AvgIpc) is 2.69. The van der Waals surface area contributed by atoms with Crippen molar-refractivity contribution in [2.75, 3.05) is 0 Å². The second kappa shape index (κ2) is 7.86. The molecule has 0 N–H and O–H groups in total. The van der Waals surface area contributed by atoms with Crippen molar-refractivity contribution >= 4 is 11.9 Å². The highest BCUT2D eigenvalue weighted by Gasteiger charge is 2.58. The second-order valence-electron chi connectivity index (χ2n) is 9.89. The van der Waals surface area contributed by atoms with Gasteiger partial charge in [0.25, 0.3) is 0 Å². The summed E-state index contributed by atoms with van der Waals surface area (Å²) in [7, 11) is 0. The largest absolute Gasteiger partial charge is 0.459 e. The zero-order chi connectivity index (χ0) is 21.7. The van der Waals surface area contributed by atoms with Crippen LogP contribution in [0, 0.1) is 29.6 Å². The van der Waals surface area contributed by atoms with Crippen molar-refractivity contribution in [1.82, 2.24) is 0 Å². The summed E-state index contributed by atoms with van der Waals surface area (Å²) in [5, 5.41) is 0. The van der Waals surface area contributed by atoms with Gasteiger partial charge in [-0.2, -0.15) is 13.2 Å². The molecule has 0 spiro atoms. The molecule has 0 aliphatic heterocycles. The molecular weight excluding hydrogens is 397 g/mol. The van der Waals surface area contributed by atoms with Gasteiger partial charge < -0.3 is 9.47 Å². The van der Waals surface area contributed by atoms with Crippen LogP contribution in [-0.2, 0) is 19.1 Å². The van der Waals surface area contributed by atoms with Gasteiger partial charge in [-0.1, -0.05) is 13.5 Å². The van der Waals surface area contributed by atoms with Gasteiger partial charge in [0.05, 0.1) is 5.92 Å². The second-order valence-corrected chi connectivity index (χ2v) is 9.89. The summed E-state index contributed by atoms with van der Waals surface area (Å²) in [6.07, 6.45) is 3.13. The van der Waals surface area contributed by atoms with Crippen molar-refractivity contribution in [3.8, 4) is 0 Å². The Morgan fingerprint density at radius 1 is 0.967 bits per heavy atom. The molecule has 0 radical (unpaired) electrons. The summed E-state index contributed by atoms with van der Waals surface area (Å²) in [6.45, 7) is 4.90. The maximum absolute atomic E-state index is 13.0. The maximum atomic E-state index is 13.0. The van der Waals surface area contributed by atoms with Crippen molar-refractivity contribution in [2.45, 2.75) is 89.0 Å². The molecule has 0 saturated heterocycles. The Morgan fingerprint density at radius 2 is 1.50 bits per heavy atom. The lowest BCUT2D eigenvalue weighted by atomic mass is 9.49. The molecule has 5 saturated carbocycles. The first-order valence-corrected chi connectivity index (χ1v) is 11.3. The third-order valence-electron chi connectivity index (χ3n) is 8.23. The van der Waals surface area contributed by atoms with E-state index in [-0.39, 0.29) is 17.5 Å². The van der Waals surface area contributed by atoms with Crippen molar-refractivity contribution in [3.05, 3.63) is 12.2 Å². The van der Waals surface area contributed by atoms with Gasteiger partial charge in [-0.05, 0) is 87.9 Å². The highest BCUT2D eigenvalue weighted by Crippen LogP contribution is 2.60. The molecule has 4 nitrogen and oxygen atoms in total. The number of ether oxygens (including phenoxy) is 2. The van der Waals surface area contributed by atoms with Gasteiger partial charge in [0.2, 0.25) is 0 Å². The monoisotopic (exact) mass is 428 g/mol. The van der Waals surface area contributed by atoms with Crippen LogP contribution < -0.4 is 0 Å². The van der Waals surface area contributed by atoms with E-state index in [1.54, 1.807) is 0 Å². The highest BCUT2D eigenvalue weighted by molar-refractivity contribution is 5.89. The fourth-order valence-corrected chi connectivity index (χ4v) is 6.82. The van der Waals surface area contributed by atoms with E-state index in [0.717, 1.165) is 18.3 Å². The number of carbonyl (C=O) groups is 2. The summed E-state index contributed by atoms with van der Waals surface area (Å²) in [6, 6.07) is 0. The molecule has 5 aliphatic rings. The topological polar surface area (TPSA) is 52.6 Å². The van der Waals surface area contributed by atoms with Crippen molar-refractivity contribution < 1.29 is 32.2 Å². The van der Waals surface area contributed by atoms with Gasteiger partial charge >= 0.3 is 18.1 Å². The number of rotatable bonds is 5. The van der Waals surface area contributed by atoms with Gasteiger partial charge in [0.1, 0.15) is 17.3 Å². The van der Waals surface area contributed by atoms with Gasteiger partial charge in [0.15, 0.2) is 0 Å². The van der Waals surface area contributed by atoms with E-state index in [4.69, 9.17) is 9.47 Å². The van der Waals surface area contributed by atoms with E-state index in [1.165, 1.54) is 32.1 Å². The first-order chi connectivity index (χ1) is 14.1. The molecule has 5 fully saturated rings. The summed E-state index contributed by atoms with van der Waals surface area (Å²) in [4.78, 5) is 24.7. The van der Waals surface area contributed by atoms with E-state index in [0.29, 0.717) is 37.5 Å². The average molecular weight is 428 g/mol. The molecule has 0 aromatic rings. The predicted octanol–water partition coefficient (Wildman–Crippen LogP) is 5.36. The number of hydrogen-bond donors (Lipinski definition) is 0. The first kappa shape index (κ1) is 21.7. The number of hydrogen-bond acceptors (Lipinski definition) is 4. The van der Waals surface area contributed by atoms with Crippen LogP contribution >= 0.6 is 0 Å². The van der Waals surface area contributed by atoms with E-state index in [9.17, 15) is 22.8 Å². The molecule has 0 aromatic heterocycles. The normalized spacial score (nSPS) is 40.1. The minimum Gasteiger partial charge on any atom is -0.459 e. The molecule has 5 rings (SSSR count). The summed E-state index contributed by atoms with van der Waals surface area (Å²) >= 11 is 0. The summed E-state index contributed by atoms with van der Waals surface area (Å²) in [5.41, 5.74) is -1.83. The summed E-state index contributed by atoms with van der Waals surface area (Å²) in [5.74, 6) is 0.652. The van der Waals surface area contributed by atoms with Gasteiger partial charge in [-0.3, -0.25) is 4.79 Å². The van der Waals surface area contributed by atoms with E-state index >= 15 is 0 Å². The summed E-state index contributed by atoms with van der Waals surface area (Å²) < 4.78 is 49.0. The minimum absolute atomic E-state index is 0.172. The molecule has 30 heavy (non-hydrogen) atoms. The van der Waals surface area contributed by atoms with Gasteiger partial charge in [-0.25, -0.2) is 4.79 Å². The van der Waals surface area contributed by atoms with Crippen LogP contribution in [0.4, 0.5) is 13.2 Å².